The van der Waals surface area contributed by atoms with Gasteiger partial charge in [-0.2, -0.15) is 5.10 Å². The largest absolute Gasteiger partial charge is 0.311 e. The normalized spacial score (nSPS) is 12.6. The number of hydrogen-bond acceptors (Lipinski definition) is 2. The predicted octanol–water partition coefficient (Wildman–Crippen LogP) is 3.87. The highest BCUT2D eigenvalue weighted by molar-refractivity contribution is 9.10. The van der Waals surface area contributed by atoms with E-state index in [0.29, 0.717) is 0 Å². The number of aryl methyl sites for hydroxylation is 2. The molecule has 21 heavy (non-hydrogen) atoms. The summed E-state index contributed by atoms with van der Waals surface area (Å²) in [6.07, 6.45) is 1.71. The van der Waals surface area contributed by atoms with Crippen LogP contribution in [0.4, 0.5) is 4.39 Å². The Morgan fingerprint density at radius 3 is 2.67 bits per heavy atom. The minimum Gasteiger partial charge on any atom is -0.311 e. The van der Waals surface area contributed by atoms with Crippen LogP contribution < -0.4 is 5.32 Å². The van der Waals surface area contributed by atoms with Crippen molar-refractivity contribution in [3.05, 3.63) is 51.5 Å². The van der Waals surface area contributed by atoms with Crippen molar-refractivity contribution in [1.29, 1.82) is 0 Å². The molecule has 0 aliphatic carbocycles. The second-order valence-electron chi connectivity index (χ2n) is 5.01. The number of aromatic nitrogens is 2. The summed E-state index contributed by atoms with van der Waals surface area (Å²) in [4.78, 5) is 0. The van der Waals surface area contributed by atoms with Gasteiger partial charge in [-0.05, 0) is 50.6 Å². The van der Waals surface area contributed by atoms with E-state index in [-0.39, 0.29) is 11.9 Å². The average molecular weight is 354 g/mol. The van der Waals surface area contributed by atoms with Crippen LogP contribution in [-0.4, -0.2) is 16.8 Å². The van der Waals surface area contributed by atoms with Gasteiger partial charge in [0.15, 0.2) is 0 Å². The minimum absolute atomic E-state index is 0.152. The van der Waals surface area contributed by atoms with Gasteiger partial charge in [-0.15, -0.1) is 0 Å². The highest BCUT2D eigenvalue weighted by Gasteiger charge is 2.17. The molecule has 2 aromatic rings. The summed E-state index contributed by atoms with van der Waals surface area (Å²) < 4.78 is 16.0. The van der Waals surface area contributed by atoms with Gasteiger partial charge in [0.05, 0.1) is 17.4 Å². The molecule has 1 aromatic heterocycles. The van der Waals surface area contributed by atoms with Crippen LogP contribution in [0.5, 0.6) is 0 Å². The van der Waals surface area contributed by atoms with Gasteiger partial charge in [-0.1, -0.05) is 28.9 Å². The first-order chi connectivity index (χ1) is 10.1. The number of halogens is 2. The highest BCUT2D eigenvalue weighted by atomic mass is 79.9. The summed E-state index contributed by atoms with van der Waals surface area (Å²) in [6.45, 7) is 5.05. The lowest BCUT2D eigenvalue weighted by molar-refractivity contribution is 0.511. The zero-order valence-corrected chi connectivity index (χ0v) is 14.2. The number of nitrogens with one attached hydrogen (secondary N) is 1. The molecule has 0 bridgehead atoms. The molecule has 114 valence electrons. The molecule has 0 fully saturated rings. The maximum absolute atomic E-state index is 13.2. The van der Waals surface area contributed by atoms with E-state index in [1.54, 1.807) is 0 Å². The van der Waals surface area contributed by atoms with Crippen LogP contribution in [0.25, 0.3) is 0 Å². The minimum atomic E-state index is -0.224. The third-order valence-electron chi connectivity index (χ3n) is 3.67. The van der Waals surface area contributed by atoms with Gasteiger partial charge < -0.3 is 5.32 Å². The van der Waals surface area contributed by atoms with Crippen molar-refractivity contribution in [1.82, 2.24) is 15.1 Å². The van der Waals surface area contributed by atoms with E-state index in [4.69, 9.17) is 0 Å². The van der Waals surface area contributed by atoms with Crippen LogP contribution in [0.3, 0.4) is 0 Å². The van der Waals surface area contributed by atoms with Crippen LogP contribution in [0.1, 0.15) is 36.8 Å². The van der Waals surface area contributed by atoms with Crippen LogP contribution in [0, 0.1) is 5.82 Å². The van der Waals surface area contributed by atoms with Gasteiger partial charge in [0.25, 0.3) is 0 Å². The van der Waals surface area contributed by atoms with Crippen LogP contribution >= 0.6 is 15.9 Å². The van der Waals surface area contributed by atoms with E-state index in [9.17, 15) is 4.39 Å². The van der Waals surface area contributed by atoms with Crippen molar-refractivity contribution in [2.45, 2.75) is 39.3 Å². The van der Waals surface area contributed by atoms with Crippen molar-refractivity contribution in [2.24, 2.45) is 0 Å². The number of nitrogens with zero attached hydrogens (tertiary/aromatic N) is 2. The second kappa shape index (κ2) is 7.18. The fourth-order valence-electron chi connectivity index (χ4n) is 2.46. The Balaban J connectivity index is 2.29. The van der Waals surface area contributed by atoms with E-state index in [2.05, 4.69) is 46.3 Å². The average Bonchev–Trinajstić information content (AvgIpc) is 2.90. The lowest BCUT2D eigenvalue weighted by Crippen LogP contribution is -2.22. The molecular weight excluding hydrogens is 333 g/mol. The molecule has 3 nitrogen and oxygen atoms in total. The standard InChI is InChI=1S/C16H21BrFN3/c1-4-13-10-16(21(5-2)20-13)15(19-3)8-11-6-7-12(18)9-14(11)17/h6-7,9-10,15,19H,4-5,8H2,1-3H3. The van der Waals surface area contributed by atoms with E-state index < -0.39 is 0 Å². The molecule has 1 heterocycles. The molecular formula is C16H21BrFN3. The van der Waals surface area contributed by atoms with E-state index in [1.807, 2.05) is 17.8 Å². The molecule has 0 amide bonds. The fourth-order valence-corrected chi connectivity index (χ4v) is 2.97. The molecule has 1 atom stereocenters. The molecule has 0 radical (unpaired) electrons. The topological polar surface area (TPSA) is 29.9 Å². The summed E-state index contributed by atoms with van der Waals surface area (Å²) >= 11 is 3.44. The smallest absolute Gasteiger partial charge is 0.124 e. The molecule has 0 aliphatic heterocycles. The molecule has 0 saturated carbocycles. The van der Waals surface area contributed by atoms with Gasteiger partial charge in [-0.3, -0.25) is 4.68 Å². The molecule has 1 aromatic carbocycles. The van der Waals surface area contributed by atoms with Crippen molar-refractivity contribution >= 4 is 15.9 Å². The molecule has 5 heteroatoms. The third-order valence-corrected chi connectivity index (χ3v) is 4.41. The summed E-state index contributed by atoms with van der Waals surface area (Å²) in [5, 5.41) is 7.94. The van der Waals surface area contributed by atoms with E-state index >= 15 is 0 Å². The number of likely N-dealkylation sites (N-methyl/N-ethyl adjacent to an activating group) is 1. The van der Waals surface area contributed by atoms with Gasteiger partial charge in [0.2, 0.25) is 0 Å². The molecule has 0 saturated heterocycles. The van der Waals surface area contributed by atoms with Crippen molar-refractivity contribution in [3.8, 4) is 0 Å². The number of rotatable bonds is 6. The molecule has 0 aliphatic rings. The van der Waals surface area contributed by atoms with Gasteiger partial charge >= 0.3 is 0 Å². The Bertz CT molecular complexity index is 610. The highest BCUT2D eigenvalue weighted by Crippen LogP contribution is 2.25. The summed E-state index contributed by atoms with van der Waals surface area (Å²) in [5.41, 5.74) is 3.36. The first-order valence-corrected chi connectivity index (χ1v) is 8.06. The Kier molecular flexibility index (Phi) is 5.53. The fraction of sp³-hybridized carbons (Fsp3) is 0.438. The Hall–Kier alpha value is -1.20. The van der Waals surface area contributed by atoms with Crippen molar-refractivity contribution in [3.63, 3.8) is 0 Å². The first kappa shape index (κ1) is 16.2. The monoisotopic (exact) mass is 353 g/mol. The number of hydrogen-bond donors (Lipinski definition) is 1. The molecule has 1 unspecified atom stereocenters. The van der Waals surface area contributed by atoms with Crippen molar-refractivity contribution < 1.29 is 4.39 Å². The summed E-state index contributed by atoms with van der Waals surface area (Å²) in [5.74, 6) is -0.224. The zero-order valence-electron chi connectivity index (χ0n) is 12.7. The predicted molar refractivity (Wildman–Crippen MR) is 86.9 cm³/mol. The maximum Gasteiger partial charge on any atom is 0.124 e. The lowest BCUT2D eigenvalue weighted by atomic mass is 10.0. The van der Waals surface area contributed by atoms with Gasteiger partial charge in [0.1, 0.15) is 5.82 Å². The van der Waals surface area contributed by atoms with Crippen molar-refractivity contribution in [2.75, 3.05) is 7.05 Å². The van der Waals surface area contributed by atoms with Crippen LogP contribution in [-0.2, 0) is 19.4 Å². The van der Waals surface area contributed by atoms with E-state index in [1.165, 1.54) is 17.8 Å². The lowest BCUT2D eigenvalue weighted by Gasteiger charge is -2.18. The van der Waals surface area contributed by atoms with E-state index in [0.717, 1.165) is 35.1 Å². The van der Waals surface area contributed by atoms with Crippen LogP contribution in [0.15, 0.2) is 28.7 Å². The summed E-state index contributed by atoms with van der Waals surface area (Å²) in [6, 6.07) is 7.15. The SMILES string of the molecule is CCc1cc(C(Cc2ccc(F)cc2Br)NC)n(CC)n1. The van der Waals surface area contributed by atoms with Gasteiger partial charge in [-0.25, -0.2) is 4.39 Å². The van der Waals surface area contributed by atoms with Crippen LogP contribution in [0.2, 0.25) is 0 Å². The first-order valence-electron chi connectivity index (χ1n) is 7.26. The van der Waals surface area contributed by atoms with Gasteiger partial charge in [0, 0.05) is 11.0 Å². The Labute approximate surface area is 133 Å². The molecule has 2 rings (SSSR count). The molecule has 1 N–H and O–H groups in total. The summed E-state index contributed by atoms with van der Waals surface area (Å²) in [7, 11) is 1.95. The number of benzene rings is 1. The quantitative estimate of drug-likeness (QED) is 0.854. The third kappa shape index (κ3) is 3.71. The Morgan fingerprint density at radius 2 is 2.10 bits per heavy atom. The Morgan fingerprint density at radius 1 is 1.33 bits per heavy atom. The zero-order chi connectivity index (χ0) is 15.4. The molecule has 0 spiro atoms. The maximum atomic E-state index is 13.2. The second-order valence-corrected chi connectivity index (χ2v) is 5.87.